The molecule has 1 heterocycles. The van der Waals surface area contributed by atoms with Gasteiger partial charge in [-0.1, -0.05) is 21.6 Å². The summed E-state index contributed by atoms with van der Waals surface area (Å²) in [6, 6.07) is -3.67. The quantitative estimate of drug-likeness (QED) is 0.0671. The number of amides is 5. The molecule has 0 radical (unpaired) electrons. The van der Waals surface area contributed by atoms with Crippen molar-refractivity contribution in [2.24, 2.45) is 11.5 Å². The average Bonchev–Trinajstić information content (AvgIpc) is 2.76. The Kier molecular flexibility index (Phi) is 13.3. The molecule has 5 amide bonds. The van der Waals surface area contributed by atoms with E-state index in [1.165, 1.54) is 10.8 Å². The maximum absolute atomic E-state index is 12.7. The third-order valence-corrected chi connectivity index (χ3v) is 6.88. The molecular weight excluding hydrogens is 504 g/mol. The molecule has 1 aliphatic rings. The summed E-state index contributed by atoms with van der Waals surface area (Å²) in [4.78, 5) is 72.6. The first kappa shape index (κ1) is 29.8. The fourth-order valence-electron chi connectivity index (χ4n) is 2.77. The molecule has 0 saturated carbocycles. The van der Waals surface area contributed by atoms with E-state index in [1.807, 2.05) is 0 Å². The molecule has 0 bridgehead atoms. The van der Waals surface area contributed by atoms with Crippen LogP contribution in [0.5, 0.6) is 0 Å². The highest BCUT2D eigenvalue weighted by Crippen LogP contribution is 2.23. The van der Waals surface area contributed by atoms with Gasteiger partial charge in [0.25, 0.3) is 0 Å². The van der Waals surface area contributed by atoms with Gasteiger partial charge in [0.05, 0.1) is 13.0 Å². The highest BCUT2D eigenvalue weighted by atomic mass is 33.1. The summed E-state index contributed by atoms with van der Waals surface area (Å²) in [5.41, 5.74) is 10.4. The van der Waals surface area contributed by atoms with Gasteiger partial charge in [-0.3, -0.25) is 29.4 Å². The molecule has 11 N–H and O–H groups in total. The number of carboxylic acid groups (broad SMARTS) is 1. The number of carbonyl (C=O) groups is 6. The number of carboxylic acids is 1. The minimum absolute atomic E-state index is 0.00966. The van der Waals surface area contributed by atoms with Gasteiger partial charge in [-0.15, -0.1) is 0 Å². The summed E-state index contributed by atoms with van der Waals surface area (Å²) in [5, 5.41) is 28.6. The van der Waals surface area contributed by atoms with Crippen molar-refractivity contribution in [3.8, 4) is 0 Å². The Labute approximate surface area is 208 Å². The van der Waals surface area contributed by atoms with E-state index in [-0.39, 0.29) is 36.9 Å². The van der Waals surface area contributed by atoms with E-state index < -0.39 is 66.6 Å². The SMILES string of the molecule is N=C(N)NCCC[C@@H]1NC(=O)CNC(=O)[C@H](CC(N)=O)NC(=O)CCSSC[C@@H](C(=O)O)NC1=O. The molecule has 0 aromatic heterocycles. The highest BCUT2D eigenvalue weighted by Gasteiger charge is 2.28. The molecular formula is C18H30N8O7S2. The number of carbonyl (C=O) groups excluding carboxylic acids is 5. The van der Waals surface area contributed by atoms with Gasteiger partial charge in [0, 0.05) is 24.5 Å². The number of nitrogens with one attached hydrogen (secondary N) is 6. The molecule has 1 rings (SSSR count). The summed E-state index contributed by atoms with van der Waals surface area (Å²) >= 11 is 0. The predicted octanol–water partition coefficient (Wildman–Crippen LogP) is -3.43. The second-order valence-corrected chi connectivity index (χ2v) is 9.99. The molecule has 1 saturated heterocycles. The topological polar surface area (TPSA) is 259 Å². The molecule has 0 spiro atoms. The molecule has 196 valence electrons. The van der Waals surface area contributed by atoms with E-state index in [2.05, 4.69) is 26.6 Å². The van der Waals surface area contributed by atoms with Crippen molar-refractivity contribution >= 4 is 63.1 Å². The summed E-state index contributed by atoms with van der Waals surface area (Å²) < 4.78 is 0. The van der Waals surface area contributed by atoms with Crippen LogP contribution < -0.4 is 38.1 Å². The van der Waals surface area contributed by atoms with Crippen LogP contribution >= 0.6 is 21.6 Å². The summed E-state index contributed by atoms with van der Waals surface area (Å²) in [6.45, 7) is -0.345. The van der Waals surface area contributed by atoms with E-state index in [4.69, 9.17) is 16.9 Å². The van der Waals surface area contributed by atoms with E-state index in [9.17, 15) is 33.9 Å². The number of hydrogen-bond acceptors (Lipinski definition) is 9. The molecule has 0 aromatic carbocycles. The van der Waals surface area contributed by atoms with Crippen molar-refractivity contribution in [2.75, 3.05) is 24.6 Å². The molecule has 0 aliphatic carbocycles. The van der Waals surface area contributed by atoms with Gasteiger partial charge in [-0.25, -0.2) is 4.79 Å². The summed E-state index contributed by atoms with van der Waals surface area (Å²) in [7, 11) is 2.32. The zero-order chi connectivity index (χ0) is 26.4. The zero-order valence-corrected chi connectivity index (χ0v) is 20.4. The first-order valence-electron chi connectivity index (χ1n) is 10.5. The smallest absolute Gasteiger partial charge is 0.327 e. The molecule has 0 aromatic rings. The zero-order valence-electron chi connectivity index (χ0n) is 18.8. The molecule has 1 aliphatic heterocycles. The highest BCUT2D eigenvalue weighted by molar-refractivity contribution is 8.76. The standard InChI is InChI=1S/C18H30N8O7S2/c19-12(27)6-10-15(30)23-7-14(29)24-9(2-1-4-22-18(20)21)16(31)26-11(17(32)33)8-35-34-5-3-13(28)25-10/h9-11H,1-8H2,(H2,19,27)(H,23,30)(H,24,29)(H,25,28)(H,26,31)(H,32,33)(H4,20,21,22)/t9-,10-,11-/m0/s1. The Morgan fingerprint density at radius 1 is 1.03 bits per heavy atom. The minimum Gasteiger partial charge on any atom is -0.480 e. The number of guanidine groups is 1. The van der Waals surface area contributed by atoms with Gasteiger partial charge in [0.15, 0.2) is 5.96 Å². The van der Waals surface area contributed by atoms with Crippen LogP contribution in [0.3, 0.4) is 0 Å². The number of aliphatic carboxylic acids is 1. The lowest BCUT2D eigenvalue weighted by Gasteiger charge is -2.22. The van der Waals surface area contributed by atoms with E-state index in [1.54, 1.807) is 0 Å². The Balaban J connectivity index is 3.00. The summed E-state index contributed by atoms with van der Waals surface area (Å²) in [6.07, 6.45) is -0.115. The van der Waals surface area contributed by atoms with Crippen molar-refractivity contribution < 1.29 is 33.9 Å². The van der Waals surface area contributed by atoms with Crippen LogP contribution in [-0.2, 0) is 28.8 Å². The van der Waals surface area contributed by atoms with Crippen molar-refractivity contribution in [3.63, 3.8) is 0 Å². The Morgan fingerprint density at radius 2 is 1.71 bits per heavy atom. The van der Waals surface area contributed by atoms with E-state index >= 15 is 0 Å². The van der Waals surface area contributed by atoms with Crippen LogP contribution in [0.15, 0.2) is 0 Å². The Morgan fingerprint density at radius 3 is 2.34 bits per heavy atom. The van der Waals surface area contributed by atoms with Crippen LogP contribution in [-0.4, -0.2) is 89.3 Å². The average molecular weight is 535 g/mol. The lowest BCUT2D eigenvalue weighted by molar-refractivity contribution is -0.141. The van der Waals surface area contributed by atoms with E-state index in [0.717, 1.165) is 10.8 Å². The predicted molar refractivity (Wildman–Crippen MR) is 129 cm³/mol. The molecule has 1 fully saturated rings. The van der Waals surface area contributed by atoms with E-state index in [0.29, 0.717) is 6.42 Å². The third-order valence-electron chi connectivity index (χ3n) is 4.46. The number of hydrogen-bond donors (Lipinski definition) is 9. The first-order valence-corrected chi connectivity index (χ1v) is 13.0. The normalized spacial score (nSPS) is 23.0. The van der Waals surface area contributed by atoms with Crippen molar-refractivity contribution in [1.29, 1.82) is 5.41 Å². The lowest BCUT2D eigenvalue weighted by Crippen LogP contribution is -2.55. The minimum atomic E-state index is -1.28. The van der Waals surface area contributed by atoms with Crippen LogP contribution in [0.2, 0.25) is 0 Å². The second kappa shape index (κ2) is 15.6. The van der Waals surface area contributed by atoms with Crippen molar-refractivity contribution in [1.82, 2.24) is 26.6 Å². The fraction of sp³-hybridized carbons (Fsp3) is 0.611. The Bertz CT molecular complexity index is 829. The van der Waals surface area contributed by atoms with Crippen LogP contribution in [0, 0.1) is 5.41 Å². The van der Waals surface area contributed by atoms with Crippen LogP contribution in [0.25, 0.3) is 0 Å². The van der Waals surface area contributed by atoms with Gasteiger partial charge in [0.1, 0.15) is 18.1 Å². The van der Waals surface area contributed by atoms with Crippen molar-refractivity contribution in [3.05, 3.63) is 0 Å². The van der Waals surface area contributed by atoms with Gasteiger partial charge in [0.2, 0.25) is 29.5 Å². The monoisotopic (exact) mass is 534 g/mol. The number of rotatable bonds is 7. The lowest BCUT2D eigenvalue weighted by atomic mass is 10.1. The van der Waals surface area contributed by atoms with Gasteiger partial charge < -0.3 is 43.2 Å². The van der Waals surface area contributed by atoms with Gasteiger partial charge >= 0.3 is 5.97 Å². The largest absolute Gasteiger partial charge is 0.480 e. The van der Waals surface area contributed by atoms with Crippen molar-refractivity contribution in [2.45, 2.75) is 43.8 Å². The fourth-order valence-corrected chi connectivity index (χ4v) is 4.91. The number of primary amides is 1. The van der Waals surface area contributed by atoms with Crippen LogP contribution in [0.1, 0.15) is 25.7 Å². The maximum Gasteiger partial charge on any atom is 0.327 e. The second-order valence-electron chi connectivity index (χ2n) is 7.37. The molecule has 17 heteroatoms. The van der Waals surface area contributed by atoms with Gasteiger partial charge in [-0.2, -0.15) is 0 Å². The molecule has 0 unspecified atom stereocenters. The molecule has 35 heavy (non-hydrogen) atoms. The summed E-state index contributed by atoms with van der Waals surface area (Å²) in [5.74, 6) is -4.95. The molecule has 3 atom stereocenters. The Hall–Kier alpha value is -3.21. The third kappa shape index (κ3) is 12.7. The van der Waals surface area contributed by atoms with Crippen LogP contribution in [0.4, 0.5) is 0 Å². The van der Waals surface area contributed by atoms with Gasteiger partial charge in [-0.05, 0) is 12.8 Å². The number of nitrogens with two attached hydrogens (primary N) is 2. The first-order chi connectivity index (χ1) is 16.5. The maximum atomic E-state index is 12.7. The molecule has 15 nitrogen and oxygen atoms in total.